The van der Waals surface area contributed by atoms with E-state index >= 15 is 0 Å². The molecule has 0 saturated heterocycles. The Morgan fingerprint density at radius 3 is 3.10 bits per heavy atom. The fourth-order valence-corrected chi connectivity index (χ4v) is 3.02. The van der Waals surface area contributed by atoms with E-state index in [1.165, 1.54) is 0 Å². The lowest BCUT2D eigenvalue weighted by atomic mass is 9.97. The SMILES string of the molecule is Cc1ccc2cc(C3NCCc4[nH]cnc43)c(=O)[nH]c2c1. The van der Waals surface area contributed by atoms with Crippen LogP contribution in [-0.2, 0) is 6.42 Å². The summed E-state index contributed by atoms with van der Waals surface area (Å²) in [5.74, 6) is 0. The van der Waals surface area contributed by atoms with Gasteiger partial charge < -0.3 is 15.3 Å². The lowest BCUT2D eigenvalue weighted by molar-refractivity contribution is 0.550. The van der Waals surface area contributed by atoms with Crippen molar-refractivity contribution in [2.45, 2.75) is 19.4 Å². The number of rotatable bonds is 1. The molecule has 0 amide bonds. The van der Waals surface area contributed by atoms with Gasteiger partial charge in [-0.1, -0.05) is 12.1 Å². The van der Waals surface area contributed by atoms with E-state index in [1.807, 2.05) is 25.1 Å². The highest BCUT2D eigenvalue weighted by Crippen LogP contribution is 2.25. The third-order valence-electron chi connectivity index (χ3n) is 4.09. The largest absolute Gasteiger partial charge is 0.348 e. The highest BCUT2D eigenvalue weighted by Gasteiger charge is 2.26. The molecule has 5 nitrogen and oxygen atoms in total. The number of fused-ring (bicyclic) bond motifs is 2. The Morgan fingerprint density at radius 2 is 2.19 bits per heavy atom. The molecular formula is C16H16N4O. The molecule has 4 rings (SSSR count). The molecule has 3 heterocycles. The number of hydrogen-bond acceptors (Lipinski definition) is 3. The van der Waals surface area contributed by atoms with Crippen molar-refractivity contribution in [1.29, 1.82) is 0 Å². The number of aryl methyl sites for hydroxylation is 1. The molecule has 1 aliphatic heterocycles. The molecule has 21 heavy (non-hydrogen) atoms. The first-order valence-electron chi connectivity index (χ1n) is 7.11. The molecule has 5 heteroatoms. The minimum absolute atomic E-state index is 0.0542. The van der Waals surface area contributed by atoms with Gasteiger partial charge in [0.25, 0.3) is 5.56 Å². The van der Waals surface area contributed by atoms with Crippen molar-refractivity contribution in [3.8, 4) is 0 Å². The van der Waals surface area contributed by atoms with Gasteiger partial charge in [0.1, 0.15) is 0 Å². The highest BCUT2D eigenvalue weighted by molar-refractivity contribution is 5.79. The van der Waals surface area contributed by atoms with Crippen LogP contribution in [0.25, 0.3) is 10.9 Å². The quantitative estimate of drug-likeness (QED) is 0.636. The van der Waals surface area contributed by atoms with E-state index in [2.05, 4.69) is 26.3 Å². The Morgan fingerprint density at radius 1 is 1.29 bits per heavy atom. The third-order valence-corrected chi connectivity index (χ3v) is 4.09. The average Bonchev–Trinajstić information content (AvgIpc) is 2.95. The number of hydrogen-bond donors (Lipinski definition) is 3. The topological polar surface area (TPSA) is 73.6 Å². The third kappa shape index (κ3) is 1.97. The standard InChI is InChI=1S/C16H16N4O/c1-9-2-3-10-7-11(16(21)20-13(10)6-9)14-15-12(4-5-17-14)18-8-19-15/h2-3,6-8,14,17H,4-5H2,1H3,(H,18,19)(H,20,21). The summed E-state index contributed by atoms with van der Waals surface area (Å²) in [4.78, 5) is 23.0. The number of imidazole rings is 1. The molecule has 1 aliphatic rings. The highest BCUT2D eigenvalue weighted by atomic mass is 16.1. The van der Waals surface area contributed by atoms with Gasteiger partial charge in [0.05, 0.1) is 18.1 Å². The molecule has 1 atom stereocenters. The van der Waals surface area contributed by atoms with Crippen LogP contribution in [0.1, 0.15) is 28.6 Å². The van der Waals surface area contributed by atoms with Crippen molar-refractivity contribution < 1.29 is 0 Å². The van der Waals surface area contributed by atoms with Gasteiger partial charge >= 0.3 is 0 Å². The van der Waals surface area contributed by atoms with Gasteiger partial charge in [-0.3, -0.25) is 4.79 Å². The predicted molar refractivity (Wildman–Crippen MR) is 81.4 cm³/mol. The lowest BCUT2D eigenvalue weighted by Gasteiger charge is -2.22. The number of aromatic nitrogens is 3. The van der Waals surface area contributed by atoms with Crippen LogP contribution in [-0.4, -0.2) is 21.5 Å². The molecule has 0 spiro atoms. The van der Waals surface area contributed by atoms with Gasteiger partial charge in [0.2, 0.25) is 0 Å². The molecule has 2 aromatic heterocycles. The summed E-state index contributed by atoms with van der Waals surface area (Å²) in [6, 6.07) is 7.91. The van der Waals surface area contributed by atoms with Crippen LogP contribution >= 0.6 is 0 Å². The van der Waals surface area contributed by atoms with Crippen molar-refractivity contribution in [2.24, 2.45) is 0 Å². The first-order valence-corrected chi connectivity index (χ1v) is 7.11. The zero-order valence-corrected chi connectivity index (χ0v) is 11.7. The molecule has 106 valence electrons. The number of nitrogens with zero attached hydrogens (tertiary/aromatic N) is 1. The normalized spacial score (nSPS) is 17.9. The van der Waals surface area contributed by atoms with Crippen molar-refractivity contribution in [3.05, 3.63) is 63.5 Å². The fourth-order valence-electron chi connectivity index (χ4n) is 3.02. The minimum Gasteiger partial charge on any atom is -0.348 e. The Labute approximate surface area is 121 Å². The van der Waals surface area contributed by atoms with E-state index in [1.54, 1.807) is 6.33 Å². The van der Waals surface area contributed by atoms with Crippen LogP contribution in [0.4, 0.5) is 0 Å². The zero-order chi connectivity index (χ0) is 14.4. The summed E-state index contributed by atoms with van der Waals surface area (Å²) in [6.07, 6.45) is 2.61. The van der Waals surface area contributed by atoms with Crippen LogP contribution in [0, 0.1) is 6.92 Å². The summed E-state index contributed by atoms with van der Waals surface area (Å²) < 4.78 is 0. The van der Waals surface area contributed by atoms with Gasteiger partial charge in [-0.05, 0) is 30.0 Å². The molecule has 0 radical (unpaired) electrons. The Kier molecular flexibility index (Phi) is 2.68. The van der Waals surface area contributed by atoms with Crippen molar-refractivity contribution in [2.75, 3.05) is 6.54 Å². The summed E-state index contributed by atoms with van der Waals surface area (Å²) in [7, 11) is 0. The maximum Gasteiger partial charge on any atom is 0.253 e. The summed E-state index contributed by atoms with van der Waals surface area (Å²) >= 11 is 0. The molecule has 0 aliphatic carbocycles. The van der Waals surface area contributed by atoms with Crippen molar-refractivity contribution >= 4 is 10.9 Å². The van der Waals surface area contributed by atoms with Gasteiger partial charge in [-0.15, -0.1) is 0 Å². The summed E-state index contributed by atoms with van der Waals surface area (Å²) in [5.41, 5.74) is 4.72. The van der Waals surface area contributed by atoms with Gasteiger partial charge in [-0.25, -0.2) is 4.98 Å². The predicted octanol–water partition coefficient (Wildman–Crippen LogP) is 1.79. The number of aromatic amines is 2. The average molecular weight is 280 g/mol. The maximum absolute atomic E-state index is 12.4. The van der Waals surface area contributed by atoms with E-state index in [-0.39, 0.29) is 11.6 Å². The second-order valence-electron chi connectivity index (χ2n) is 5.55. The van der Waals surface area contributed by atoms with E-state index in [4.69, 9.17) is 0 Å². The van der Waals surface area contributed by atoms with Crippen molar-refractivity contribution in [1.82, 2.24) is 20.3 Å². The van der Waals surface area contributed by atoms with Gasteiger partial charge in [0.15, 0.2) is 0 Å². The minimum atomic E-state index is -0.144. The van der Waals surface area contributed by atoms with Crippen LogP contribution < -0.4 is 10.9 Å². The van der Waals surface area contributed by atoms with E-state index in [9.17, 15) is 4.79 Å². The number of pyridine rings is 1. The van der Waals surface area contributed by atoms with E-state index in [0.29, 0.717) is 0 Å². The molecule has 0 fully saturated rings. The molecule has 3 aromatic rings. The van der Waals surface area contributed by atoms with Crippen LogP contribution in [0.5, 0.6) is 0 Å². The smallest absolute Gasteiger partial charge is 0.253 e. The van der Waals surface area contributed by atoms with Crippen molar-refractivity contribution in [3.63, 3.8) is 0 Å². The van der Waals surface area contributed by atoms with Crippen LogP contribution in [0.2, 0.25) is 0 Å². The number of nitrogens with one attached hydrogen (secondary N) is 3. The Bertz CT molecular complexity index is 877. The van der Waals surface area contributed by atoms with Gasteiger partial charge in [-0.2, -0.15) is 0 Å². The Balaban J connectivity index is 1.90. The lowest BCUT2D eigenvalue weighted by Crippen LogP contribution is -2.34. The van der Waals surface area contributed by atoms with Gasteiger partial charge in [0, 0.05) is 29.7 Å². The Hall–Kier alpha value is -2.40. The summed E-state index contributed by atoms with van der Waals surface area (Å²) in [6.45, 7) is 2.86. The monoisotopic (exact) mass is 280 g/mol. The van der Waals surface area contributed by atoms with E-state index in [0.717, 1.165) is 46.4 Å². The number of H-pyrrole nitrogens is 2. The first kappa shape index (κ1) is 12.3. The summed E-state index contributed by atoms with van der Waals surface area (Å²) in [5, 5.41) is 4.43. The molecule has 0 saturated carbocycles. The molecular weight excluding hydrogens is 264 g/mol. The molecule has 3 N–H and O–H groups in total. The second kappa shape index (κ2) is 4.56. The maximum atomic E-state index is 12.4. The molecule has 0 bridgehead atoms. The van der Waals surface area contributed by atoms with E-state index < -0.39 is 0 Å². The second-order valence-corrected chi connectivity index (χ2v) is 5.55. The molecule has 1 unspecified atom stereocenters. The number of benzene rings is 1. The molecule has 1 aromatic carbocycles. The fraction of sp³-hybridized carbons (Fsp3) is 0.250. The first-order chi connectivity index (χ1) is 10.2. The van der Waals surface area contributed by atoms with Crippen LogP contribution in [0.3, 0.4) is 0 Å². The zero-order valence-electron chi connectivity index (χ0n) is 11.7. The van der Waals surface area contributed by atoms with Crippen LogP contribution in [0.15, 0.2) is 35.4 Å².